The van der Waals surface area contributed by atoms with Crippen molar-refractivity contribution in [1.29, 1.82) is 0 Å². The highest BCUT2D eigenvalue weighted by Gasteiger charge is 2.13. The van der Waals surface area contributed by atoms with E-state index in [4.69, 9.17) is 0 Å². The van der Waals surface area contributed by atoms with Crippen LogP contribution in [0.25, 0.3) is 0 Å². The average Bonchev–Trinajstić information content (AvgIpc) is 3.04. The van der Waals surface area contributed by atoms with Crippen molar-refractivity contribution in [3.05, 3.63) is 67.3 Å². The predicted octanol–water partition coefficient (Wildman–Crippen LogP) is 4.30. The molecule has 1 aliphatic heterocycles. The molecule has 4 heteroatoms. The van der Waals surface area contributed by atoms with Gasteiger partial charge in [-0.2, -0.15) is 0 Å². The number of anilines is 2. The molecule has 19 heavy (non-hydrogen) atoms. The quantitative estimate of drug-likeness (QED) is 0.499. The van der Waals surface area contributed by atoms with Crippen molar-refractivity contribution < 1.29 is 0 Å². The Morgan fingerprint density at radius 2 is 1.47 bits per heavy atom. The highest BCUT2D eigenvalue weighted by Crippen LogP contribution is 2.43. The lowest BCUT2D eigenvalue weighted by Crippen LogP contribution is -1.98. The third kappa shape index (κ3) is 2.80. The minimum Gasteiger partial charge on any atom is -0.354 e. The largest absolute Gasteiger partial charge is 0.354 e. The minimum atomic E-state index is 1.20. The van der Waals surface area contributed by atoms with Crippen LogP contribution >= 0.6 is 11.8 Å². The maximum atomic E-state index is 3.67. The maximum absolute atomic E-state index is 3.67. The fourth-order valence-electron chi connectivity index (χ4n) is 1.80. The van der Waals surface area contributed by atoms with Crippen LogP contribution in [-0.4, -0.2) is 9.97 Å². The number of fused-ring (bicyclic) bond motifs is 2. The standard InChI is InChI=1S/C12H9NS.C3H4N2/c1-3-7-11-9(5-1)13-10-6-2-4-8-12(10)14-11;1-2-5-3-4-1/h1-8,13H;1-3H,(H,4,5). The van der Waals surface area contributed by atoms with Crippen molar-refractivity contribution >= 4 is 23.1 Å². The van der Waals surface area contributed by atoms with Gasteiger partial charge in [0, 0.05) is 22.2 Å². The van der Waals surface area contributed by atoms with Crippen molar-refractivity contribution in [1.82, 2.24) is 9.97 Å². The van der Waals surface area contributed by atoms with E-state index in [-0.39, 0.29) is 0 Å². The number of benzene rings is 2. The van der Waals surface area contributed by atoms with E-state index in [2.05, 4.69) is 63.8 Å². The number of nitrogens with zero attached hydrogens (tertiary/aromatic N) is 1. The van der Waals surface area contributed by atoms with Gasteiger partial charge in [0.1, 0.15) is 0 Å². The number of aromatic nitrogens is 2. The Hall–Kier alpha value is -2.20. The van der Waals surface area contributed by atoms with E-state index in [0.29, 0.717) is 0 Å². The van der Waals surface area contributed by atoms with Gasteiger partial charge in [0.05, 0.1) is 17.7 Å². The van der Waals surface area contributed by atoms with E-state index in [9.17, 15) is 0 Å². The van der Waals surface area contributed by atoms with Crippen LogP contribution < -0.4 is 5.32 Å². The summed E-state index contributed by atoms with van der Waals surface area (Å²) in [4.78, 5) is 9.01. The topological polar surface area (TPSA) is 40.7 Å². The minimum absolute atomic E-state index is 1.20. The summed E-state index contributed by atoms with van der Waals surface area (Å²) in [6.45, 7) is 0. The van der Waals surface area contributed by atoms with Gasteiger partial charge >= 0.3 is 0 Å². The van der Waals surface area contributed by atoms with Crippen LogP contribution in [0, 0.1) is 0 Å². The summed E-state index contributed by atoms with van der Waals surface area (Å²) in [5, 5.41) is 3.42. The number of hydrogen-bond acceptors (Lipinski definition) is 3. The Balaban J connectivity index is 0.000000187. The molecule has 0 aliphatic carbocycles. The first-order valence-corrected chi connectivity index (χ1v) is 6.81. The fourth-order valence-corrected chi connectivity index (χ4v) is 2.78. The molecule has 0 saturated carbocycles. The molecule has 0 spiro atoms. The number of rotatable bonds is 0. The second-order valence-corrected chi connectivity index (χ2v) is 5.06. The lowest BCUT2D eigenvalue weighted by atomic mass is 10.2. The van der Waals surface area contributed by atoms with Crippen molar-refractivity contribution in [3.8, 4) is 0 Å². The molecule has 0 saturated heterocycles. The summed E-state index contributed by atoms with van der Waals surface area (Å²) >= 11 is 1.82. The van der Waals surface area contributed by atoms with Crippen LogP contribution in [0.2, 0.25) is 0 Å². The van der Waals surface area contributed by atoms with Crippen molar-refractivity contribution in [2.45, 2.75) is 9.79 Å². The molecule has 0 radical (unpaired) electrons. The Morgan fingerprint density at radius 1 is 0.842 bits per heavy atom. The zero-order valence-corrected chi connectivity index (χ0v) is 11.0. The normalized spacial score (nSPS) is 11.4. The van der Waals surface area contributed by atoms with Crippen LogP contribution in [-0.2, 0) is 0 Å². The Bertz CT molecular complexity index is 545. The van der Waals surface area contributed by atoms with Crippen molar-refractivity contribution in [2.75, 3.05) is 5.32 Å². The first kappa shape index (κ1) is 11.9. The molecule has 3 aromatic rings. The first-order valence-electron chi connectivity index (χ1n) is 5.99. The van der Waals surface area contributed by atoms with Gasteiger partial charge in [0.15, 0.2) is 0 Å². The molecule has 4 rings (SSSR count). The van der Waals surface area contributed by atoms with Gasteiger partial charge in [0.2, 0.25) is 0 Å². The van der Waals surface area contributed by atoms with Gasteiger partial charge in [-0.25, -0.2) is 4.98 Å². The van der Waals surface area contributed by atoms with E-state index < -0.39 is 0 Å². The van der Waals surface area contributed by atoms with Gasteiger partial charge in [-0.05, 0) is 24.3 Å². The molecular formula is C15H13N3S. The lowest BCUT2D eigenvalue weighted by molar-refractivity contribution is 1.31. The Labute approximate surface area is 116 Å². The number of nitrogens with one attached hydrogen (secondary N) is 2. The molecule has 0 fully saturated rings. The van der Waals surface area contributed by atoms with Gasteiger partial charge < -0.3 is 10.3 Å². The van der Waals surface area contributed by atoms with Crippen LogP contribution in [0.3, 0.4) is 0 Å². The molecule has 0 amide bonds. The molecule has 0 atom stereocenters. The summed E-state index contributed by atoms with van der Waals surface area (Å²) < 4.78 is 0. The zero-order valence-electron chi connectivity index (χ0n) is 10.2. The summed E-state index contributed by atoms with van der Waals surface area (Å²) in [6, 6.07) is 16.8. The SMILES string of the molecule is c1c[nH]cn1.c1ccc2c(c1)Nc1ccccc1S2. The fraction of sp³-hybridized carbons (Fsp3) is 0. The highest BCUT2D eigenvalue weighted by atomic mass is 32.2. The summed E-state index contributed by atoms with van der Waals surface area (Å²) in [5.74, 6) is 0. The molecule has 3 nitrogen and oxygen atoms in total. The van der Waals surface area contributed by atoms with Crippen LogP contribution in [0.1, 0.15) is 0 Å². The van der Waals surface area contributed by atoms with E-state index in [1.54, 1.807) is 18.7 Å². The molecule has 94 valence electrons. The van der Waals surface area contributed by atoms with Crippen LogP contribution in [0.15, 0.2) is 77.0 Å². The molecule has 2 N–H and O–H groups in total. The first-order chi connectivity index (χ1) is 9.43. The lowest BCUT2D eigenvalue weighted by Gasteiger charge is -2.19. The summed E-state index contributed by atoms with van der Waals surface area (Å²) in [6.07, 6.45) is 5.08. The smallest absolute Gasteiger partial charge is 0.0919 e. The van der Waals surface area contributed by atoms with Crippen LogP contribution in [0.5, 0.6) is 0 Å². The predicted molar refractivity (Wildman–Crippen MR) is 78.9 cm³/mol. The summed E-state index contributed by atoms with van der Waals surface area (Å²) in [7, 11) is 0. The number of hydrogen-bond donors (Lipinski definition) is 2. The number of H-pyrrole nitrogens is 1. The molecule has 0 bridgehead atoms. The van der Waals surface area contributed by atoms with Crippen LogP contribution in [0.4, 0.5) is 11.4 Å². The molecular weight excluding hydrogens is 254 g/mol. The van der Waals surface area contributed by atoms with Crippen molar-refractivity contribution in [3.63, 3.8) is 0 Å². The third-order valence-corrected chi connectivity index (χ3v) is 3.82. The third-order valence-electron chi connectivity index (χ3n) is 2.67. The van der Waals surface area contributed by atoms with E-state index in [1.165, 1.54) is 21.2 Å². The number of imidazole rings is 1. The molecule has 1 aromatic heterocycles. The average molecular weight is 267 g/mol. The van der Waals surface area contributed by atoms with E-state index in [1.807, 2.05) is 11.8 Å². The van der Waals surface area contributed by atoms with E-state index in [0.717, 1.165) is 0 Å². The van der Waals surface area contributed by atoms with Gasteiger partial charge in [-0.15, -0.1) is 0 Å². The van der Waals surface area contributed by atoms with Gasteiger partial charge in [-0.1, -0.05) is 36.0 Å². The molecule has 2 heterocycles. The van der Waals surface area contributed by atoms with Gasteiger partial charge in [0.25, 0.3) is 0 Å². The van der Waals surface area contributed by atoms with E-state index >= 15 is 0 Å². The molecule has 2 aromatic carbocycles. The second kappa shape index (κ2) is 5.63. The summed E-state index contributed by atoms with van der Waals surface area (Å²) in [5.41, 5.74) is 2.41. The zero-order chi connectivity index (χ0) is 12.9. The number of para-hydroxylation sites is 2. The molecule has 0 unspecified atom stereocenters. The highest BCUT2D eigenvalue weighted by molar-refractivity contribution is 7.99. The Morgan fingerprint density at radius 3 is 1.95 bits per heavy atom. The maximum Gasteiger partial charge on any atom is 0.0919 e. The molecule has 1 aliphatic rings. The Kier molecular flexibility index (Phi) is 3.51. The second-order valence-electron chi connectivity index (χ2n) is 3.98. The monoisotopic (exact) mass is 267 g/mol. The van der Waals surface area contributed by atoms with Crippen molar-refractivity contribution in [2.24, 2.45) is 0 Å². The number of aromatic amines is 1. The van der Waals surface area contributed by atoms with Gasteiger partial charge in [-0.3, -0.25) is 0 Å².